The molecule has 0 unspecified atom stereocenters. The van der Waals surface area contributed by atoms with Crippen LogP contribution in [-0.2, 0) is 5.41 Å². The first-order chi connectivity index (χ1) is 5.93. The Labute approximate surface area is 77.6 Å². The molecule has 0 aromatic heterocycles. The predicted molar refractivity (Wildman–Crippen MR) is 50.5 cm³/mol. The molecule has 0 fully saturated rings. The van der Waals surface area contributed by atoms with Crippen molar-refractivity contribution in [3.8, 4) is 0 Å². The molecule has 0 bridgehead atoms. The monoisotopic (exact) mass is 180 g/mol. The summed E-state index contributed by atoms with van der Waals surface area (Å²) in [5, 5.41) is 0. The van der Waals surface area contributed by atoms with E-state index in [2.05, 4.69) is 0 Å². The van der Waals surface area contributed by atoms with Crippen LogP contribution in [0, 0.1) is 5.82 Å². The van der Waals surface area contributed by atoms with Crippen LogP contribution in [0.4, 0.5) is 4.39 Å². The van der Waals surface area contributed by atoms with Gasteiger partial charge in [-0.2, -0.15) is 0 Å². The molecule has 1 rings (SSSR count). The SMILES string of the molecule is CC(C)(C)c1cc(F)cc(C=O)c1. The van der Waals surface area contributed by atoms with Crippen LogP contribution in [0.1, 0.15) is 36.7 Å². The summed E-state index contributed by atoms with van der Waals surface area (Å²) in [6, 6.07) is 4.42. The standard InChI is InChI=1S/C11H13FO/c1-11(2,3)9-4-8(7-13)5-10(12)6-9/h4-7H,1-3H3. The van der Waals surface area contributed by atoms with Crippen molar-refractivity contribution in [2.24, 2.45) is 0 Å². The molecule has 0 saturated carbocycles. The fourth-order valence-corrected chi connectivity index (χ4v) is 1.11. The van der Waals surface area contributed by atoms with E-state index in [4.69, 9.17) is 0 Å². The van der Waals surface area contributed by atoms with E-state index in [1.165, 1.54) is 12.1 Å². The Morgan fingerprint density at radius 2 is 1.85 bits per heavy atom. The molecular formula is C11H13FO. The van der Waals surface area contributed by atoms with Gasteiger partial charge in [0.25, 0.3) is 0 Å². The molecule has 0 amide bonds. The molecule has 1 aromatic carbocycles. The number of aldehydes is 1. The molecule has 0 radical (unpaired) electrons. The van der Waals surface area contributed by atoms with Gasteiger partial charge in [0.05, 0.1) is 0 Å². The third-order valence-electron chi connectivity index (χ3n) is 1.92. The molecule has 70 valence electrons. The van der Waals surface area contributed by atoms with Gasteiger partial charge in [-0.3, -0.25) is 4.79 Å². The van der Waals surface area contributed by atoms with Crippen molar-refractivity contribution in [2.75, 3.05) is 0 Å². The number of hydrogen-bond donors (Lipinski definition) is 0. The zero-order valence-corrected chi connectivity index (χ0v) is 8.10. The summed E-state index contributed by atoms with van der Waals surface area (Å²) in [6.45, 7) is 5.95. The number of carbonyl (C=O) groups is 1. The lowest BCUT2D eigenvalue weighted by molar-refractivity contribution is 0.112. The van der Waals surface area contributed by atoms with Gasteiger partial charge in [0.15, 0.2) is 0 Å². The van der Waals surface area contributed by atoms with Crippen molar-refractivity contribution in [3.05, 3.63) is 35.1 Å². The molecule has 0 N–H and O–H groups in total. The van der Waals surface area contributed by atoms with Gasteiger partial charge in [-0.15, -0.1) is 0 Å². The van der Waals surface area contributed by atoms with E-state index in [1.807, 2.05) is 20.8 Å². The lowest BCUT2D eigenvalue weighted by Gasteiger charge is -2.19. The first-order valence-corrected chi connectivity index (χ1v) is 4.20. The summed E-state index contributed by atoms with van der Waals surface area (Å²) < 4.78 is 13.0. The first kappa shape index (κ1) is 9.90. The normalized spacial score (nSPS) is 11.4. The van der Waals surface area contributed by atoms with Gasteiger partial charge in [0.1, 0.15) is 12.1 Å². The molecule has 0 heterocycles. The van der Waals surface area contributed by atoms with Crippen LogP contribution in [0.15, 0.2) is 18.2 Å². The lowest BCUT2D eigenvalue weighted by Crippen LogP contribution is -2.11. The Morgan fingerprint density at radius 3 is 2.31 bits per heavy atom. The summed E-state index contributed by atoms with van der Waals surface area (Å²) in [5.41, 5.74) is 1.11. The molecule has 0 aliphatic carbocycles. The minimum absolute atomic E-state index is 0.125. The van der Waals surface area contributed by atoms with E-state index in [9.17, 15) is 9.18 Å². The number of carbonyl (C=O) groups excluding carboxylic acids is 1. The molecular weight excluding hydrogens is 167 g/mol. The molecule has 0 aliphatic rings. The van der Waals surface area contributed by atoms with E-state index in [0.29, 0.717) is 11.8 Å². The maximum Gasteiger partial charge on any atom is 0.150 e. The molecule has 0 spiro atoms. The summed E-state index contributed by atoms with van der Waals surface area (Å²) in [7, 11) is 0. The molecule has 1 nitrogen and oxygen atoms in total. The predicted octanol–water partition coefficient (Wildman–Crippen LogP) is 2.94. The first-order valence-electron chi connectivity index (χ1n) is 4.20. The second-order valence-corrected chi connectivity index (χ2v) is 4.14. The Balaban J connectivity index is 3.24. The van der Waals surface area contributed by atoms with Crippen LogP contribution in [0.3, 0.4) is 0 Å². The summed E-state index contributed by atoms with van der Waals surface area (Å²) in [5.74, 6) is -0.352. The van der Waals surface area contributed by atoms with E-state index in [0.717, 1.165) is 5.56 Å². The summed E-state index contributed by atoms with van der Waals surface area (Å²) in [4.78, 5) is 10.5. The smallest absolute Gasteiger partial charge is 0.150 e. The Morgan fingerprint density at radius 1 is 1.23 bits per heavy atom. The van der Waals surface area contributed by atoms with Crippen molar-refractivity contribution in [1.82, 2.24) is 0 Å². The quantitative estimate of drug-likeness (QED) is 0.607. The second-order valence-electron chi connectivity index (χ2n) is 4.14. The highest BCUT2D eigenvalue weighted by Gasteiger charge is 2.15. The highest BCUT2D eigenvalue weighted by Crippen LogP contribution is 2.23. The van der Waals surface area contributed by atoms with Crippen molar-refractivity contribution in [1.29, 1.82) is 0 Å². The van der Waals surface area contributed by atoms with E-state index in [-0.39, 0.29) is 11.2 Å². The van der Waals surface area contributed by atoms with Crippen LogP contribution in [0.25, 0.3) is 0 Å². The highest BCUT2D eigenvalue weighted by atomic mass is 19.1. The third kappa shape index (κ3) is 2.38. The molecule has 2 heteroatoms. The zero-order valence-electron chi connectivity index (χ0n) is 8.10. The van der Waals surface area contributed by atoms with Crippen LogP contribution in [0.5, 0.6) is 0 Å². The molecule has 13 heavy (non-hydrogen) atoms. The Bertz CT molecular complexity index is 323. The van der Waals surface area contributed by atoms with Gasteiger partial charge >= 0.3 is 0 Å². The van der Waals surface area contributed by atoms with E-state index >= 15 is 0 Å². The topological polar surface area (TPSA) is 17.1 Å². The summed E-state index contributed by atoms with van der Waals surface area (Å²) >= 11 is 0. The van der Waals surface area contributed by atoms with Gasteiger partial charge in [-0.05, 0) is 29.2 Å². The van der Waals surface area contributed by atoms with Gasteiger partial charge in [-0.25, -0.2) is 4.39 Å². The maximum atomic E-state index is 13.0. The molecule has 0 atom stereocenters. The summed E-state index contributed by atoms with van der Waals surface area (Å²) in [6.07, 6.45) is 0.665. The Hall–Kier alpha value is -1.18. The van der Waals surface area contributed by atoms with Gasteiger partial charge in [-0.1, -0.05) is 20.8 Å². The van der Waals surface area contributed by atoms with E-state index in [1.54, 1.807) is 6.07 Å². The number of hydrogen-bond acceptors (Lipinski definition) is 1. The maximum absolute atomic E-state index is 13.0. The largest absolute Gasteiger partial charge is 0.298 e. The molecule has 0 saturated heterocycles. The molecule has 0 aliphatic heterocycles. The molecule has 1 aromatic rings. The third-order valence-corrected chi connectivity index (χ3v) is 1.92. The second kappa shape index (κ2) is 3.29. The van der Waals surface area contributed by atoms with Crippen molar-refractivity contribution in [3.63, 3.8) is 0 Å². The average Bonchev–Trinajstić information content (AvgIpc) is 2.01. The Kier molecular flexibility index (Phi) is 2.50. The average molecular weight is 180 g/mol. The van der Waals surface area contributed by atoms with Gasteiger partial charge < -0.3 is 0 Å². The number of benzene rings is 1. The van der Waals surface area contributed by atoms with Crippen LogP contribution in [0.2, 0.25) is 0 Å². The van der Waals surface area contributed by atoms with Crippen LogP contribution < -0.4 is 0 Å². The van der Waals surface area contributed by atoms with Crippen molar-refractivity contribution in [2.45, 2.75) is 26.2 Å². The minimum atomic E-state index is -0.352. The number of rotatable bonds is 1. The minimum Gasteiger partial charge on any atom is -0.298 e. The van der Waals surface area contributed by atoms with Crippen molar-refractivity contribution < 1.29 is 9.18 Å². The lowest BCUT2D eigenvalue weighted by atomic mass is 9.86. The van der Waals surface area contributed by atoms with Gasteiger partial charge in [0.2, 0.25) is 0 Å². The van der Waals surface area contributed by atoms with Crippen LogP contribution in [-0.4, -0.2) is 6.29 Å². The zero-order chi connectivity index (χ0) is 10.1. The fraction of sp³-hybridized carbons (Fsp3) is 0.364. The van der Waals surface area contributed by atoms with E-state index < -0.39 is 0 Å². The van der Waals surface area contributed by atoms with Crippen molar-refractivity contribution >= 4 is 6.29 Å². The van der Waals surface area contributed by atoms with Gasteiger partial charge in [0, 0.05) is 5.56 Å². The number of halogens is 1. The highest BCUT2D eigenvalue weighted by molar-refractivity contribution is 5.75. The van der Waals surface area contributed by atoms with Crippen LogP contribution >= 0.6 is 0 Å². The fourth-order valence-electron chi connectivity index (χ4n) is 1.11.